The topological polar surface area (TPSA) is 0 Å². The number of thioether (sulfide) groups is 1. The molecule has 0 atom stereocenters. The molecule has 0 aliphatic carbocycles. The maximum atomic E-state index is 2.28. The third-order valence-electron chi connectivity index (χ3n) is 1.06. The van der Waals surface area contributed by atoms with Gasteiger partial charge < -0.3 is 0 Å². The lowest BCUT2D eigenvalue weighted by Crippen LogP contribution is -2.06. The molecule has 0 aromatic rings. The minimum Gasteiger partial charge on any atom is -0.154 e. The first-order valence-corrected chi connectivity index (χ1v) is 6.62. The van der Waals surface area contributed by atoms with Crippen LogP contribution in [0.15, 0.2) is 0 Å². The minimum absolute atomic E-state index is 0.814. The van der Waals surface area contributed by atoms with Crippen molar-refractivity contribution in [1.82, 2.24) is 0 Å². The van der Waals surface area contributed by atoms with E-state index in [9.17, 15) is 0 Å². The fourth-order valence-corrected chi connectivity index (χ4v) is 5.53. The quantitative estimate of drug-likeness (QED) is 0.600. The SMILES string of the molecule is CC(C)SC1CSSC1. The van der Waals surface area contributed by atoms with Crippen LogP contribution < -0.4 is 0 Å². The first kappa shape index (κ1) is 8.15. The van der Waals surface area contributed by atoms with E-state index < -0.39 is 0 Å². The van der Waals surface area contributed by atoms with Gasteiger partial charge in [-0.25, -0.2) is 0 Å². The second-order valence-electron chi connectivity index (χ2n) is 2.38. The molecule has 0 aromatic carbocycles. The minimum atomic E-state index is 0.814. The Morgan fingerprint density at radius 3 is 2.33 bits per heavy atom. The van der Waals surface area contributed by atoms with Crippen LogP contribution in [0.5, 0.6) is 0 Å². The van der Waals surface area contributed by atoms with E-state index in [2.05, 4.69) is 25.6 Å². The lowest BCUT2D eigenvalue weighted by atomic mass is 10.5. The molecule has 0 spiro atoms. The molecule has 3 heteroatoms. The molecule has 1 heterocycles. The summed E-state index contributed by atoms with van der Waals surface area (Å²) >= 11 is 2.12. The molecule has 0 aromatic heterocycles. The zero-order valence-electron chi connectivity index (χ0n) is 5.79. The Labute approximate surface area is 69.3 Å². The summed E-state index contributed by atoms with van der Waals surface area (Å²) in [4.78, 5) is 0. The van der Waals surface area contributed by atoms with Gasteiger partial charge in [0.25, 0.3) is 0 Å². The molecular formula is C6H12S3. The summed E-state index contributed by atoms with van der Waals surface area (Å²) in [5, 5.41) is 1.74. The Morgan fingerprint density at radius 1 is 1.33 bits per heavy atom. The van der Waals surface area contributed by atoms with Gasteiger partial charge in [0.15, 0.2) is 0 Å². The Balaban J connectivity index is 2.11. The molecule has 0 radical (unpaired) electrons. The van der Waals surface area contributed by atoms with E-state index in [4.69, 9.17) is 0 Å². The summed E-state index contributed by atoms with van der Waals surface area (Å²) < 4.78 is 0. The lowest BCUT2D eigenvalue weighted by molar-refractivity contribution is 1.07. The molecule has 9 heavy (non-hydrogen) atoms. The summed E-state index contributed by atoms with van der Waals surface area (Å²) in [5.41, 5.74) is 0. The van der Waals surface area contributed by atoms with Gasteiger partial charge in [0.2, 0.25) is 0 Å². The van der Waals surface area contributed by atoms with Gasteiger partial charge in [-0.1, -0.05) is 35.4 Å². The average molecular weight is 180 g/mol. The van der Waals surface area contributed by atoms with E-state index in [1.165, 1.54) is 11.5 Å². The van der Waals surface area contributed by atoms with E-state index in [1.54, 1.807) is 0 Å². The standard InChI is InChI=1S/C6H12S3/c1-5(2)9-6-3-7-8-4-6/h5-6H,3-4H2,1-2H3. The van der Waals surface area contributed by atoms with E-state index >= 15 is 0 Å². The fraction of sp³-hybridized carbons (Fsp3) is 1.00. The van der Waals surface area contributed by atoms with E-state index in [-0.39, 0.29) is 0 Å². The zero-order chi connectivity index (χ0) is 6.69. The van der Waals surface area contributed by atoms with E-state index in [0.29, 0.717) is 0 Å². The van der Waals surface area contributed by atoms with Gasteiger partial charge in [-0.05, 0) is 5.25 Å². The number of hydrogen-bond donors (Lipinski definition) is 0. The van der Waals surface area contributed by atoms with Gasteiger partial charge in [-0.2, -0.15) is 11.8 Å². The number of rotatable bonds is 2. The van der Waals surface area contributed by atoms with Gasteiger partial charge >= 0.3 is 0 Å². The van der Waals surface area contributed by atoms with Gasteiger partial charge in [-0.3, -0.25) is 0 Å². The predicted octanol–water partition coefficient (Wildman–Crippen LogP) is 2.89. The van der Waals surface area contributed by atoms with Crippen molar-refractivity contribution in [3.05, 3.63) is 0 Å². The molecule has 54 valence electrons. The van der Waals surface area contributed by atoms with Crippen LogP contribution in [0.4, 0.5) is 0 Å². The lowest BCUT2D eigenvalue weighted by Gasteiger charge is -2.08. The summed E-state index contributed by atoms with van der Waals surface area (Å²) in [6.07, 6.45) is 0. The van der Waals surface area contributed by atoms with Crippen LogP contribution in [0.25, 0.3) is 0 Å². The highest BCUT2D eigenvalue weighted by atomic mass is 33.1. The van der Waals surface area contributed by atoms with Crippen molar-refractivity contribution in [2.24, 2.45) is 0 Å². The van der Waals surface area contributed by atoms with Gasteiger partial charge in [0.05, 0.1) is 0 Å². The molecule has 1 fully saturated rings. The molecule has 0 saturated carbocycles. The van der Waals surface area contributed by atoms with Gasteiger partial charge in [-0.15, -0.1) is 0 Å². The van der Waals surface area contributed by atoms with E-state index in [1.807, 2.05) is 21.6 Å². The summed E-state index contributed by atoms with van der Waals surface area (Å²) in [6.45, 7) is 4.55. The first-order valence-electron chi connectivity index (χ1n) is 3.19. The van der Waals surface area contributed by atoms with Crippen molar-refractivity contribution >= 4 is 33.3 Å². The van der Waals surface area contributed by atoms with Crippen LogP contribution in [0.3, 0.4) is 0 Å². The molecule has 0 amide bonds. The van der Waals surface area contributed by atoms with Gasteiger partial charge in [0, 0.05) is 16.8 Å². The van der Waals surface area contributed by atoms with Crippen LogP contribution in [0.2, 0.25) is 0 Å². The van der Waals surface area contributed by atoms with Crippen molar-refractivity contribution < 1.29 is 0 Å². The maximum Gasteiger partial charge on any atom is 0.0248 e. The van der Waals surface area contributed by atoms with Crippen LogP contribution in [-0.2, 0) is 0 Å². The monoisotopic (exact) mass is 180 g/mol. The normalized spacial score (nSPS) is 21.7. The smallest absolute Gasteiger partial charge is 0.0248 e. The van der Waals surface area contributed by atoms with Crippen molar-refractivity contribution in [3.63, 3.8) is 0 Å². The highest BCUT2D eigenvalue weighted by Gasteiger charge is 2.17. The molecular weight excluding hydrogens is 168 g/mol. The summed E-state index contributed by atoms with van der Waals surface area (Å²) in [7, 11) is 4.04. The first-order chi connectivity index (χ1) is 4.29. The second kappa shape index (κ2) is 4.04. The maximum absolute atomic E-state index is 2.28. The van der Waals surface area contributed by atoms with Crippen molar-refractivity contribution in [2.75, 3.05) is 11.5 Å². The Kier molecular flexibility index (Phi) is 3.66. The van der Waals surface area contributed by atoms with Crippen LogP contribution in [-0.4, -0.2) is 22.0 Å². The Bertz CT molecular complexity index is 76.4. The molecule has 0 N–H and O–H groups in total. The Morgan fingerprint density at radius 2 is 1.89 bits per heavy atom. The summed E-state index contributed by atoms with van der Waals surface area (Å²) in [6, 6.07) is 0. The molecule has 0 nitrogen and oxygen atoms in total. The molecule has 0 unspecified atom stereocenters. The van der Waals surface area contributed by atoms with Crippen LogP contribution in [0.1, 0.15) is 13.8 Å². The Hall–Kier alpha value is 1.05. The third-order valence-corrected chi connectivity index (χ3v) is 5.30. The third kappa shape index (κ3) is 3.10. The van der Waals surface area contributed by atoms with E-state index in [0.717, 1.165) is 10.5 Å². The highest BCUT2D eigenvalue weighted by molar-refractivity contribution is 8.77. The molecule has 1 rings (SSSR count). The van der Waals surface area contributed by atoms with Crippen molar-refractivity contribution in [3.8, 4) is 0 Å². The van der Waals surface area contributed by atoms with Gasteiger partial charge in [0.1, 0.15) is 0 Å². The highest BCUT2D eigenvalue weighted by Crippen LogP contribution is 2.37. The number of hydrogen-bond acceptors (Lipinski definition) is 3. The molecule has 1 aliphatic rings. The predicted molar refractivity (Wildman–Crippen MR) is 51.4 cm³/mol. The van der Waals surface area contributed by atoms with Crippen LogP contribution in [0, 0.1) is 0 Å². The summed E-state index contributed by atoms with van der Waals surface area (Å²) in [5.74, 6) is 2.71. The zero-order valence-corrected chi connectivity index (χ0v) is 8.24. The molecule has 0 bridgehead atoms. The molecule has 1 aliphatic heterocycles. The van der Waals surface area contributed by atoms with Crippen molar-refractivity contribution in [1.29, 1.82) is 0 Å². The fourth-order valence-electron chi connectivity index (χ4n) is 0.760. The van der Waals surface area contributed by atoms with Crippen LogP contribution >= 0.6 is 33.3 Å². The van der Waals surface area contributed by atoms with Crippen molar-refractivity contribution in [2.45, 2.75) is 24.3 Å². The second-order valence-corrected chi connectivity index (χ2v) is 6.81. The average Bonchev–Trinajstić information content (AvgIpc) is 2.15. The largest absolute Gasteiger partial charge is 0.154 e. The molecule has 1 saturated heterocycles.